The molecule has 1 aromatic carbocycles. The van der Waals surface area contributed by atoms with Crippen LogP contribution in [0.15, 0.2) is 18.2 Å². The van der Waals surface area contributed by atoms with Crippen LogP contribution < -0.4 is 0 Å². The number of nitrogens with zero attached hydrogens (tertiary/aromatic N) is 1. The summed E-state index contributed by atoms with van der Waals surface area (Å²) >= 11 is 6.01. The Labute approximate surface area is 89.6 Å². The molecule has 0 atom stereocenters. The third kappa shape index (κ3) is 2.16. The molecular formula is C12H12ClN. The SMILES string of the molecule is Cc1cc(C)c(/C(Cl)=C/C#N)c(C)c1. The first kappa shape index (κ1) is 10.8. The summed E-state index contributed by atoms with van der Waals surface area (Å²) in [5.74, 6) is 0. The van der Waals surface area contributed by atoms with Gasteiger partial charge in [-0.05, 0) is 37.5 Å². The summed E-state index contributed by atoms with van der Waals surface area (Å²) in [7, 11) is 0. The highest BCUT2D eigenvalue weighted by molar-refractivity contribution is 6.49. The monoisotopic (exact) mass is 205 g/mol. The molecule has 14 heavy (non-hydrogen) atoms. The van der Waals surface area contributed by atoms with Crippen molar-refractivity contribution in [2.24, 2.45) is 0 Å². The maximum Gasteiger partial charge on any atom is 0.0927 e. The predicted molar refractivity (Wildman–Crippen MR) is 60.1 cm³/mol. The summed E-state index contributed by atoms with van der Waals surface area (Å²) < 4.78 is 0. The Morgan fingerprint density at radius 1 is 1.29 bits per heavy atom. The van der Waals surface area contributed by atoms with Gasteiger partial charge in [0.15, 0.2) is 0 Å². The normalized spacial score (nSPS) is 11.2. The fraction of sp³-hybridized carbons (Fsp3) is 0.250. The zero-order valence-corrected chi connectivity index (χ0v) is 9.31. The van der Waals surface area contributed by atoms with Gasteiger partial charge in [0.2, 0.25) is 0 Å². The van der Waals surface area contributed by atoms with Crippen LogP contribution in [0.25, 0.3) is 5.03 Å². The maximum atomic E-state index is 8.52. The van der Waals surface area contributed by atoms with E-state index < -0.39 is 0 Å². The summed E-state index contributed by atoms with van der Waals surface area (Å²) in [6, 6.07) is 6.07. The smallest absolute Gasteiger partial charge is 0.0927 e. The fourth-order valence-electron chi connectivity index (χ4n) is 1.69. The van der Waals surface area contributed by atoms with Crippen LogP contribution in [0.3, 0.4) is 0 Å². The molecule has 0 amide bonds. The highest BCUT2D eigenvalue weighted by atomic mass is 35.5. The van der Waals surface area contributed by atoms with Crippen molar-refractivity contribution in [3.63, 3.8) is 0 Å². The van der Waals surface area contributed by atoms with E-state index in [9.17, 15) is 0 Å². The minimum Gasteiger partial charge on any atom is -0.193 e. The zero-order chi connectivity index (χ0) is 10.7. The van der Waals surface area contributed by atoms with Crippen molar-refractivity contribution in [2.45, 2.75) is 20.8 Å². The van der Waals surface area contributed by atoms with Gasteiger partial charge in [-0.25, -0.2) is 0 Å². The van der Waals surface area contributed by atoms with Gasteiger partial charge in [-0.1, -0.05) is 29.3 Å². The van der Waals surface area contributed by atoms with Gasteiger partial charge >= 0.3 is 0 Å². The Kier molecular flexibility index (Phi) is 3.33. The van der Waals surface area contributed by atoms with Gasteiger partial charge in [-0.15, -0.1) is 0 Å². The molecule has 0 aromatic heterocycles. The zero-order valence-electron chi connectivity index (χ0n) is 8.56. The average Bonchev–Trinajstić information content (AvgIpc) is 2.01. The van der Waals surface area contributed by atoms with E-state index in [4.69, 9.17) is 16.9 Å². The Morgan fingerprint density at radius 2 is 1.79 bits per heavy atom. The topological polar surface area (TPSA) is 23.8 Å². The van der Waals surface area contributed by atoms with Gasteiger partial charge in [0.05, 0.1) is 11.1 Å². The van der Waals surface area contributed by atoms with Crippen LogP contribution in [0.1, 0.15) is 22.3 Å². The van der Waals surface area contributed by atoms with Gasteiger partial charge in [0.25, 0.3) is 0 Å². The first-order valence-corrected chi connectivity index (χ1v) is 4.77. The Bertz CT molecular complexity index is 401. The van der Waals surface area contributed by atoms with Crippen molar-refractivity contribution >= 4 is 16.6 Å². The number of benzene rings is 1. The van der Waals surface area contributed by atoms with Gasteiger partial charge in [0, 0.05) is 6.08 Å². The lowest BCUT2D eigenvalue weighted by Crippen LogP contribution is -1.91. The molecule has 72 valence electrons. The standard InChI is InChI=1S/C12H12ClN/c1-8-6-9(2)12(10(3)7-8)11(13)4-5-14/h4,6-7H,1-3H3/b11-4-. The Balaban J connectivity index is 3.37. The number of allylic oxidation sites excluding steroid dienone is 1. The summed E-state index contributed by atoms with van der Waals surface area (Å²) in [4.78, 5) is 0. The molecule has 0 saturated carbocycles. The summed E-state index contributed by atoms with van der Waals surface area (Å²) in [6.07, 6.45) is 1.37. The molecule has 0 unspecified atom stereocenters. The molecule has 1 rings (SSSR count). The average molecular weight is 206 g/mol. The highest BCUT2D eigenvalue weighted by Crippen LogP contribution is 2.26. The molecule has 1 nitrogen and oxygen atoms in total. The molecule has 0 saturated heterocycles. The third-order valence-corrected chi connectivity index (χ3v) is 2.41. The molecule has 1 aromatic rings. The quantitative estimate of drug-likeness (QED) is 0.642. The summed E-state index contributed by atoms with van der Waals surface area (Å²) in [6.45, 7) is 6.05. The van der Waals surface area contributed by atoms with Crippen LogP contribution in [-0.4, -0.2) is 0 Å². The minimum atomic E-state index is 0.516. The second-order valence-electron chi connectivity index (χ2n) is 3.40. The number of nitriles is 1. The van der Waals surface area contributed by atoms with Crippen molar-refractivity contribution in [3.8, 4) is 6.07 Å². The largest absolute Gasteiger partial charge is 0.193 e. The summed E-state index contributed by atoms with van der Waals surface area (Å²) in [5, 5.41) is 9.04. The maximum absolute atomic E-state index is 8.52. The van der Waals surface area contributed by atoms with Crippen molar-refractivity contribution < 1.29 is 0 Å². The van der Waals surface area contributed by atoms with E-state index in [-0.39, 0.29) is 0 Å². The van der Waals surface area contributed by atoms with Gasteiger partial charge in [-0.3, -0.25) is 0 Å². The van der Waals surface area contributed by atoms with Crippen LogP contribution in [0.5, 0.6) is 0 Å². The van der Waals surface area contributed by atoms with Crippen LogP contribution in [0.4, 0.5) is 0 Å². The lowest BCUT2D eigenvalue weighted by atomic mass is 9.99. The fourth-order valence-corrected chi connectivity index (χ4v) is 2.03. The lowest BCUT2D eigenvalue weighted by Gasteiger charge is -2.09. The number of rotatable bonds is 1. The first-order chi connectivity index (χ1) is 6.56. The molecule has 2 heteroatoms. The van der Waals surface area contributed by atoms with E-state index in [1.165, 1.54) is 11.6 Å². The Morgan fingerprint density at radius 3 is 2.21 bits per heavy atom. The molecule has 0 aliphatic carbocycles. The second kappa shape index (κ2) is 4.30. The molecule has 0 radical (unpaired) electrons. The van der Waals surface area contributed by atoms with Gasteiger partial charge in [0.1, 0.15) is 0 Å². The van der Waals surface area contributed by atoms with Crippen molar-refractivity contribution in [1.82, 2.24) is 0 Å². The third-order valence-electron chi connectivity index (χ3n) is 2.11. The van der Waals surface area contributed by atoms with Gasteiger partial charge in [-0.2, -0.15) is 5.26 Å². The lowest BCUT2D eigenvalue weighted by molar-refractivity contribution is 1.30. The Hall–Kier alpha value is -1.26. The van der Waals surface area contributed by atoms with E-state index in [0.717, 1.165) is 16.7 Å². The van der Waals surface area contributed by atoms with Crippen LogP contribution in [0.2, 0.25) is 0 Å². The van der Waals surface area contributed by atoms with E-state index in [0.29, 0.717) is 5.03 Å². The molecule has 0 aliphatic rings. The number of halogens is 1. The first-order valence-electron chi connectivity index (χ1n) is 4.39. The van der Waals surface area contributed by atoms with E-state index in [2.05, 4.69) is 12.1 Å². The van der Waals surface area contributed by atoms with E-state index in [1.807, 2.05) is 26.8 Å². The summed E-state index contributed by atoms with van der Waals surface area (Å²) in [5.41, 5.74) is 4.40. The molecular weight excluding hydrogens is 194 g/mol. The second-order valence-corrected chi connectivity index (χ2v) is 3.80. The number of aryl methyl sites for hydroxylation is 3. The molecule has 0 aliphatic heterocycles. The van der Waals surface area contributed by atoms with Crippen molar-refractivity contribution in [1.29, 1.82) is 5.26 Å². The molecule has 0 bridgehead atoms. The van der Waals surface area contributed by atoms with Crippen molar-refractivity contribution in [3.05, 3.63) is 40.5 Å². The molecule has 0 spiro atoms. The van der Waals surface area contributed by atoms with Crippen LogP contribution in [0, 0.1) is 32.1 Å². The van der Waals surface area contributed by atoms with E-state index in [1.54, 1.807) is 0 Å². The van der Waals surface area contributed by atoms with Crippen LogP contribution >= 0.6 is 11.6 Å². The minimum absolute atomic E-state index is 0.516. The van der Waals surface area contributed by atoms with E-state index >= 15 is 0 Å². The molecule has 0 fully saturated rings. The molecule has 0 heterocycles. The molecule has 0 N–H and O–H groups in total. The van der Waals surface area contributed by atoms with Gasteiger partial charge < -0.3 is 0 Å². The highest BCUT2D eigenvalue weighted by Gasteiger charge is 2.06. The van der Waals surface area contributed by atoms with Crippen molar-refractivity contribution in [2.75, 3.05) is 0 Å². The predicted octanol–water partition coefficient (Wildman–Crippen LogP) is 3.72. The van der Waals surface area contributed by atoms with Crippen LogP contribution in [-0.2, 0) is 0 Å². The number of hydrogen-bond acceptors (Lipinski definition) is 1. The number of hydrogen-bond donors (Lipinski definition) is 0.